The van der Waals surface area contributed by atoms with Crippen LogP contribution in [0.5, 0.6) is 0 Å². The summed E-state index contributed by atoms with van der Waals surface area (Å²) in [6.45, 7) is 1.39. The molecule has 1 aromatic heterocycles. The number of hydrogen-bond acceptors (Lipinski definition) is 3. The minimum Gasteiger partial charge on any atom is -0.378 e. The summed E-state index contributed by atoms with van der Waals surface area (Å²) in [5.41, 5.74) is 2.74. The van der Waals surface area contributed by atoms with Crippen molar-refractivity contribution in [1.29, 1.82) is 0 Å². The van der Waals surface area contributed by atoms with Gasteiger partial charge in [-0.3, -0.25) is 4.79 Å². The average molecular weight is 364 g/mol. The predicted octanol–water partition coefficient (Wildman–Crippen LogP) is 4.34. The SMILES string of the molecule is O=C(NCCC1CCCO1)c1cc(-c2ccc(F)cc2)nc2ccccc12. The molecule has 1 unspecified atom stereocenters. The minimum absolute atomic E-state index is 0.130. The van der Waals surface area contributed by atoms with Crippen LogP contribution in [0, 0.1) is 5.82 Å². The van der Waals surface area contributed by atoms with Crippen LogP contribution in [0.25, 0.3) is 22.2 Å². The molecule has 1 N–H and O–H groups in total. The highest BCUT2D eigenvalue weighted by Gasteiger charge is 2.17. The van der Waals surface area contributed by atoms with Crippen molar-refractivity contribution in [2.75, 3.05) is 13.2 Å². The van der Waals surface area contributed by atoms with Crippen LogP contribution in [0.1, 0.15) is 29.6 Å². The Morgan fingerprint density at radius 2 is 2.00 bits per heavy atom. The molecule has 4 nitrogen and oxygen atoms in total. The van der Waals surface area contributed by atoms with Crippen molar-refractivity contribution in [1.82, 2.24) is 10.3 Å². The summed E-state index contributed by atoms with van der Waals surface area (Å²) in [6, 6.07) is 15.5. The molecule has 0 saturated carbocycles. The summed E-state index contributed by atoms with van der Waals surface area (Å²) >= 11 is 0. The van der Waals surface area contributed by atoms with Gasteiger partial charge in [0, 0.05) is 24.1 Å². The maximum absolute atomic E-state index is 13.2. The maximum atomic E-state index is 13.2. The van der Waals surface area contributed by atoms with Crippen molar-refractivity contribution in [3.63, 3.8) is 0 Å². The second kappa shape index (κ2) is 7.84. The first-order chi connectivity index (χ1) is 13.2. The van der Waals surface area contributed by atoms with Crippen molar-refractivity contribution < 1.29 is 13.9 Å². The minimum atomic E-state index is -0.299. The molecule has 27 heavy (non-hydrogen) atoms. The Kier molecular flexibility index (Phi) is 5.12. The van der Waals surface area contributed by atoms with Gasteiger partial charge in [-0.2, -0.15) is 0 Å². The summed E-state index contributed by atoms with van der Waals surface area (Å²) in [5.74, 6) is -0.429. The molecule has 138 valence electrons. The lowest BCUT2D eigenvalue weighted by atomic mass is 10.0. The van der Waals surface area contributed by atoms with E-state index in [1.54, 1.807) is 18.2 Å². The van der Waals surface area contributed by atoms with Crippen LogP contribution in [0.3, 0.4) is 0 Å². The number of rotatable bonds is 5. The number of para-hydroxylation sites is 1. The number of benzene rings is 2. The highest BCUT2D eigenvalue weighted by molar-refractivity contribution is 6.07. The van der Waals surface area contributed by atoms with Crippen molar-refractivity contribution in [2.24, 2.45) is 0 Å². The second-order valence-electron chi connectivity index (χ2n) is 6.76. The monoisotopic (exact) mass is 364 g/mol. The fraction of sp³-hybridized carbons (Fsp3) is 0.273. The Morgan fingerprint density at radius 1 is 1.19 bits per heavy atom. The largest absolute Gasteiger partial charge is 0.378 e. The van der Waals surface area contributed by atoms with E-state index in [0.717, 1.165) is 42.3 Å². The fourth-order valence-corrected chi connectivity index (χ4v) is 3.45. The lowest BCUT2D eigenvalue weighted by Gasteiger charge is -2.12. The van der Waals surface area contributed by atoms with Gasteiger partial charge in [-0.1, -0.05) is 18.2 Å². The number of amides is 1. The third-order valence-electron chi connectivity index (χ3n) is 4.88. The van der Waals surface area contributed by atoms with Gasteiger partial charge in [0.1, 0.15) is 5.82 Å². The van der Waals surface area contributed by atoms with E-state index in [9.17, 15) is 9.18 Å². The van der Waals surface area contributed by atoms with Crippen LogP contribution in [-0.4, -0.2) is 30.1 Å². The number of carbonyl (C=O) groups is 1. The number of nitrogens with one attached hydrogen (secondary N) is 1. The molecule has 1 fully saturated rings. The van der Waals surface area contributed by atoms with Crippen LogP contribution in [0.4, 0.5) is 4.39 Å². The van der Waals surface area contributed by atoms with Crippen LogP contribution >= 0.6 is 0 Å². The number of nitrogens with zero attached hydrogens (tertiary/aromatic N) is 1. The van der Waals surface area contributed by atoms with Gasteiger partial charge in [0.05, 0.1) is 22.9 Å². The second-order valence-corrected chi connectivity index (χ2v) is 6.76. The van der Waals surface area contributed by atoms with E-state index in [4.69, 9.17) is 4.74 Å². The van der Waals surface area contributed by atoms with Crippen LogP contribution in [0.2, 0.25) is 0 Å². The summed E-state index contributed by atoms with van der Waals surface area (Å²) in [5, 5.41) is 3.80. The highest BCUT2D eigenvalue weighted by atomic mass is 19.1. The number of halogens is 1. The van der Waals surface area contributed by atoms with Crippen LogP contribution < -0.4 is 5.32 Å². The van der Waals surface area contributed by atoms with Crippen LogP contribution in [0.15, 0.2) is 54.6 Å². The molecule has 5 heteroatoms. The number of pyridine rings is 1. The first kappa shape index (κ1) is 17.6. The molecule has 3 aromatic rings. The van der Waals surface area contributed by atoms with E-state index < -0.39 is 0 Å². The molecule has 0 radical (unpaired) electrons. The quantitative estimate of drug-likeness (QED) is 0.733. The Labute approximate surface area is 157 Å². The van der Waals surface area contributed by atoms with E-state index in [1.165, 1.54) is 12.1 Å². The van der Waals surface area contributed by atoms with Gasteiger partial charge in [-0.15, -0.1) is 0 Å². The van der Waals surface area contributed by atoms with Gasteiger partial charge in [0.25, 0.3) is 5.91 Å². The molecular weight excluding hydrogens is 343 g/mol. The van der Waals surface area contributed by atoms with E-state index in [-0.39, 0.29) is 17.8 Å². The molecule has 4 rings (SSSR count). The Bertz CT molecular complexity index is 950. The van der Waals surface area contributed by atoms with Gasteiger partial charge in [-0.25, -0.2) is 9.37 Å². The van der Waals surface area contributed by atoms with Gasteiger partial charge in [0.15, 0.2) is 0 Å². The normalized spacial score (nSPS) is 16.6. The van der Waals surface area contributed by atoms with E-state index in [0.29, 0.717) is 17.8 Å². The first-order valence-corrected chi connectivity index (χ1v) is 9.26. The van der Waals surface area contributed by atoms with Crippen molar-refractivity contribution >= 4 is 16.8 Å². The smallest absolute Gasteiger partial charge is 0.252 e. The number of aromatic nitrogens is 1. The maximum Gasteiger partial charge on any atom is 0.252 e. The fourth-order valence-electron chi connectivity index (χ4n) is 3.45. The summed E-state index contributed by atoms with van der Waals surface area (Å²) in [4.78, 5) is 17.5. The summed E-state index contributed by atoms with van der Waals surface area (Å²) < 4.78 is 18.8. The number of hydrogen-bond donors (Lipinski definition) is 1. The lowest BCUT2D eigenvalue weighted by Crippen LogP contribution is -2.27. The van der Waals surface area contributed by atoms with Crippen LogP contribution in [-0.2, 0) is 4.74 Å². The third-order valence-corrected chi connectivity index (χ3v) is 4.88. The molecule has 2 aromatic carbocycles. The van der Waals surface area contributed by atoms with Gasteiger partial charge in [-0.05, 0) is 55.7 Å². The molecule has 1 aliphatic rings. The summed E-state index contributed by atoms with van der Waals surface area (Å²) in [6.07, 6.45) is 3.21. The molecule has 0 bridgehead atoms. The molecule has 1 atom stereocenters. The zero-order chi connectivity index (χ0) is 18.6. The molecular formula is C22H21FN2O2. The molecule has 1 amide bonds. The highest BCUT2D eigenvalue weighted by Crippen LogP contribution is 2.25. The Hall–Kier alpha value is -2.79. The molecule has 0 aliphatic carbocycles. The zero-order valence-corrected chi connectivity index (χ0v) is 15.0. The molecule has 0 spiro atoms. The molecule has 1 aliphatic heterocycles. The van der Waals surface area contributed by atoms with Gasteiger partial charge in [0.2, 0.25) is 0 Å². The number of carbonyl (C=O) groups excluding carboxylic acids is 1. The van der Waals surface area contributed by atoms with Gasteiger partial charge < -0.3 is 10.1 Å². The van der Waals surface area contributed by atoms with E-state index in [1.807, 2.05) is 24.3 Å². The lowest BCUT2D eigenvalue weighted by molar-refractivity contribution is 0.0908. The van der Waals surface area contributed by atoms with Crippen molar-refractivity contribution in [2.45, 2.75) is 25.4 Å². The number of fused-ring (bicyclic) bond motifs is 1. The van der Waals surface area contributed by atoms with Crippen molar-refractivity contribution in [3.05, 3.63) is 66.0 Å². The third kappa shape index (κ3) is 3.98. The Morgan fingerprint density at radius 3 is 2.78 bits per heavy atom. The Balaban J connectivity index is 1.61. The van der Waals surface area contributed by atoms with Gasteiger partial charge >= 0.3 is 0 Å². The van der Waals surface area contributed by atoms with E-state index in [2.05, 4.69) is 10.3 Å². The topological polar surface area (TPSA) is 51.2 Å². The standard InChI is InChI=1S/C22H21FN2O2/c23-16-9-7-15(8-10-16)21-14-19(18-5-1-2-6-20(18)25-21)22(26)24-12-11-17-4-3-13-27-17/h1-2,5-10,14,17H,3-4,11-13H2,(H,24,26). The number of ether oxygens (including phenoxy) is 1. The first-order valence-electron chi connectivity index (χ1n) is 9.26. The summed E-state index contributed by atoms with van der Waals surface area (Å²) in [7, 11) is 0. The molecule has 2 heterocycles. The average Bonchev–Trinajstić information content (AvgIpc) is 3.21. The molecule has 1 saturated heterocycles. The van der Waals surface area contributed by atoms with E-state index >= 15 is 0 Å². The predicted molar refractivity (Wildman–Crippen MR) is 103 cm³/mol. The van der Waals surface area contributed by atoms with Crippen molar-refractivity contribution in [3.8, 4) is 11.3 Å². The zero-order valence-electron chi connectivity index (χ0n) is 15.0.